The standard InChI is InChI=1S/C30H52O13/c1-5-6-7-8-9-10-11-12-13-14-15-16-26(37)43-28-27(40-21(3)33)25(19-38-20(2)32)42-30(29(28)41-22(4)34)39-18-24(36)23(35)17-31/h23-25,27-31,35-36H,5-19H2,1-4H3/t23-,24+,25+,27+,28-,29-,30+/m0/s1. The van der Waals surface area contributed by atoms with E-state index in [1.54, 1.807) is 0 Å². The van der Waals surface area contributed by atoms with E-state index in [1.807, 2.05) is 0 Å². The van der Waals surface area contributed by atoms with Crippen LogP contribution in [0.25, 0.3) is 0 Å². The molecule has 0 spiro atoms. The van der Waals surface area contributed by atoms with Crippen molar-refractivity contribution in [1.82, 2.24) is 0 Å². The van der Waals surface area contributed by atoms with Gasteiger partial charge in [0.1, 0.15) is 24.9 Å². The third-order valence-electron chi connectivity index (χ3n) is 6.96. The van der Waals surface area contributed by atoms with Crippen LogP contribution in [-0.4, -0.2) is 102 Å². The van der Waals surface area contributed by atoms with Gasteiger partial charge in [-0.1, -0.05) is 71.1 Å². The van der Waals surface area contributed by atoms with Gasteiger partial charge in [-0.2, -0.15) is 0 Å². The van der Waals surface area contributed by atoms with Crippen LogP contribution in [0.3, 0.4) is 0 Å². The summed E-state index contributed by atoms with van der Waals surface area (Å²) < 4.78 is 32.9. The third kappa shape index (κ3) is 16.4. The number of carbonyl (C=O) groups excluding carboxylic acids is 4. The zero-order valence-electron chi connectivity index (χ0n) is 26.1. The second kappa shape index (κ2) is 22.2. The SMILES string of the molecule is CCCCCCCCCCCCCC(=O)O[C@@H]1[C@H](OC(C)=O)[C@H](OC[C@@H](O)[C@@H](O)CO)O[C@H](COC(C)=O)[C@H]1OC(C)=O. The van der Waals surface area contributed by atoms with Gasteiger partial charge < -0.3 is 43.7 Å². The number of aliphatic hydroxyl groups is 3. The number of ether oxygens (including phenoxy) is 6. The fourth-order valence-electron chi connectivity index (χ4n) is 4.70. The first-order valence-corrected chi connectivity index (χ1v) is 15.4. The van der Waals surface area contributed by atoms with Gasteiger partial charge in [-0.3, -0.25) is 19.2 Å². The van der Waals surface area contributed by atoms with Crippen LogP contribution in [0.4, 0.5) is 0 Å². The molecule has 0 radical (unpaired) electrons. The van der Waals surface area contributed by atoms with E-state index in [1.165, 1.54) is 38.5 Å². The Kier molecular flexibility index (Phi) is 20.0. The van der Waals surface area contributed by atoms with Gasteiger partial charge in [0.05, 0.1) is 13.2 Å². The summed E-state index contributed by atoms with van der Waals surface area (Å²) in [6.07, 6.45) is 2.25. The fraction of sp³-hybridized carbons (Fsp3) is 0.867. The zero-order valence-corrected chi connectivity index (χ0v) is 26.1. The number of rotatable bonds is 22. The molecule has 1 aliphatic rings. The molecule has 7 atom stereocenters. The molecule has 1 saturated heterocycles. The molecule has 13 nitrogen and oxygen atoms in total. The molecule has 13 heteroatoms. The van der Waals surface area contributed by atoms with Gasteiger partial charge in [0.2, 0.25) is 0 Å². The molecule has 3 N–H and O–H groups in total. The molecule has 1 rings (SSSR count). The summed E-state index contributed by atoms with van der Waals surface area (Å²) in [5, 5.41) is 28.8. The van der Waals surface area contributed by atoms with Gasteiger partial charge in [0.15, 0.2) is 24.6 Å². The highest BCUT2D eigenvalue weighted by Crippen LogP contribution is 2.30. The van der Waals surface area contributed by atoms with Gasteiger partial charge in [-0.15, -0.1) is 0 Å². The highest BCUT2D eigenvalue weighted by atomic mass is 16.7. The van der Waals surface area contributed by atoms with E-state index in [2.05, 4.69) is 6.92 Å². The van der Waals surface area contributed by atoms with E-state index in [0.29, 0.717) is 6.42 Å². The van der Waals surface area contributed by atoms with Crippen molar-refractivity contribution in [1.29, 1.82) is 0 Å². The molecule has 1 aliphatic heterocycles. The van der Waals surface area contributed by atoms with Crippen LogP contribution < -0.4 is 0 Å². The van der Waals surface area contributed by atoms with Crippen molar-refractivity contribution in [2.24, 2.45) is 0 Å². The van der Waals surface area contributed by atoms with Crippen LogP contribution in [-0.2, 0) is 47.6 Å². The topological polar surface area (TPSA) is 184 Å². The predicted octanol–water partition coefficient (Wildman–Crippen LogP) is 2.48. The maximum Gasteiger partial charge on any atom is 0.306 e. The monoisotopic (exact) mass is 620 g/mol. The second-order valence-electron chi connectivity index (χ2n) is 10.9. The molecule has 1 fully saturated rings. The summed E-state index contributed by atoms with van der Waals surface area (Å²) in [5.41, 5.74) is 0. The van der Waals surface area contributed by atoms with E-state index in [-0.39, 0.29) is 6.42 Å². The summed E-state index contributed by atoms with van der Waals surface area (Å²) in [7, 11) is 0. The third-order valence-corrected chi connectivity index (χ3v) is 6.96. The maximum absolute atomic E-state index is 12.9. The van der Waals surface area contributed by atoms with E-state index >= 15 is 0 Å². The maximum atomic E-state index is 12.9. The van der Waals surface area contributed by atoms with Crippen molar-refractivity contribution in [3.05, 3.63) is 0 Å². The largest absolute Gasteiger partial charge is 0.463 e. The van der Waals surface area contributed by atoms with Crippen LogP contribution in [0.15, 0.2) is 0 Å². The molecule has 0 aromatic heterocycles. The van der Waals surface area contributed by atoms with Crippen LogP contribution in [0.5, 0.6) is 0 Å². The van der Waals surface area contributed by atoms with E-state index in [9.17, 15) is 29.4 Å². The van der Waals surface area contributed by atoms with Gasteiger partial charge in [-0.25, -0.2) is 0 Å². The first-order valence-electron chi connectivity index (χ1n) is 15.4. The first-order chi connectivity index (χ1) is 20.5. The zero-order chi connectivity index (χ0) is 32.2. The summed E-state index contributed by atoms with van der Waals surface area (Å²) >= 11 is 0. The average Bonchev–Trinajstić information content (AvgIpc) is 2.95. The van der Waals surface area contributed by atoms with E-state index in [4.69, 9.17) is 33.5 Å². The smallest absolute Gasteiger partial charge is 0.306 e. The van der Waals surface area contributed by atoms with Crippen molar-refractivity contribution in [3.8, 4) is 0 Å². The van der Waals surface area contributed by atoms with Gasteiger partial charge >= 0.3 is 23.9 Å². The highest BCUT2D eigenvalue weighted by molar-refractivity contribution is 5.70. The normalized spacial score (nSPS) is 23.2. The first kappa shape index (κ1) is 38.7. The van der Waals surface area contributed by atoms with Gasteiger partial charge in [0, 0.05) is 27.2 Å². The Bertz CT molecular complexity index is 820. The van der Waals surface area contributed by atoms with Crippen molar-refractivity contribution >= 4 is 23.9 Å². The molecule has 250 valence electrons. The Labute approximate surface area is 254 Å². The van der Waals surface area contributed by atoms with Gasteiger partial charge in [0.25, 0.3) is 0 Å². The molecule has 0 saturated carbocycles. The van der Waals surface area contributed by atoms with Crippen LogP contribution in [0.2, 0.25) is 0 Å². The highest BCUT2D eigenvalue weighted by Gasteiger charge is 2.53. The molecular formula is C30H52O13. The molecule has 0 aromatic rings. The lowest BCUT2D eigenvalue weighted by atomic mass is 9.98. The lowest BCUT2D eigenvalue weighted by Crippen LogP contribution is -2.63. The van der Waals surface area contributed by atoms with Crippen LogP contribution >= 0.6 is 0 Å². The van der Waals surface area contributed by atoms with Crippen LogP contribution in [0.1, 0.15) is 105 Å². The van der Waals surface area contributed by atoms with Crippen molar-refractivity contribution in [3.63, 3.8) is 0 Å². The molecule has 0 amide bonds. The summed E-state index contributed by atoms with van der Waals surface area (Å²) in [5.74, 6) is -2.83. The van der Waals surface area contributed by atoms with Gasteiger partial charge in [-0.05, 0) is 6.42 Å². The van der Waals surface area contributed by atoms with E-state index < -0.39 is 86.6 Å². The molecular weight excluding hydrogens is 568 g/mol. The Morgan fingerprint density at radius 2 is 1.23 bits per heavy atom. The number of carbonyl (C=O) groups is 4. The summed E-state index contributed by atoms with van der Waals surface area (Å²) in [6.45, 7) is 3.87. The fourth-order valence-corrected chi connectivity index (χ4v) is 4.70. The minimum absolute atomic E-state index is 0.0650. The molecule has 1 heterocycles. The number of unbranched alkanes of at least 4 members (excludes halogenated alkanes) is 10. The average molecular weight is 621 g/mol. The molecule has 43 heavy (non-hydrogen) atoms. The molecule has 0 aliphatic carbocycles. The van der Waals surface area contributed by atoms with Crippen molar-refractivity contribution < 1.29 is 62.9 Å². The van der Waals surface area contributed by atoms with Crippen LogP contribution in [0, 0.1) is 0 Å². The molecule has 0 unspecified atom stereocenters. The number of aliphatic hydroxyl groups excluding tert-OH is 3. The number of hydrogen-bond acceptors (Lipinski definition) is 13. The Morgan fingerprint density at radius 1 is 0.698 bits per heavy atom. The second-order valence-corrected chi connectivity index (χ2v) is 10.9. The Hall–Kier alpha value is -2.32. The lowest BCUT2D eigenvalue weighted by Gasteiger charge is -2.44. The number of hydrogen-bond donors (Lipinski definition) is 3. The minimum Gasteiger partial charge on any atom is -0.463 e. The minimum atomic E-state index is -1.54. The summed E-state index contributed by atoms with van der Waals surface area (Å²) in [6, 6.07) is 0. The molecule has 0 bridgehead atoms. The predicted molar refractivity (Wildman–Crippen MR) is 152 cm³/mol. The van der Waals surface area contributed by atoms with E-state index in [0.717, 1.165) is 46.5 Å². The Morgan fingerprint density at radius 3 is 1.74 bits per heavy atom. The molecule has 0 aromatic carbocycles. The lowest BCUT2D eigenvalue weighted by molar-refractivity contribution is -0.312. The summed E-state index contributed by atoms with van der Waals surface area (Å²) in [4.78, 5) is 48.5. The number of esters is 4. The Balaban J connectivity index is 2.92. The van der Waals surface area contributed by atoms with Crippen molar-refractivity contribution in [2.45, 2.75) is 148 Å². The quantitative estimate of drug-likeness (QED) is 0.0912. The van der Waals surface area contributed by atoms with Crippen molar-refractivity contribution in [2.75, 3.05) is 19.8 Å².